The van der Waals surface area contributed by atoms with Gasteiger partial charge >= 0.3 is 0 Å². The lowest BCUT2D eigenvalue weighted by Crippen LogP contribution is -2.25. The van der Waals surface area contributed by atoms with Crippen molar-refractivity contribution < 1.29 is 0 Å². The fourth-order valence-electron chi connectivity index (χ4n) is 3.49. The van der Waals surface area contributed by atoms with Crippen LogP contribution in [0.4, 0.5) is 5.82 Å². The summed E-state index contributed by atoms with van der Waals surface area (Å²) in [5, 5.41) is 16.1. The van der Waals surface area contributed by atoms with Crippen molar-refractivity contribution in [1.29, 1.82) is 5.26 Å². The van der Waals surface area contributed by atoms with Gasteiger partial charge in [-0.15, -0.1) is 0 Å². The molecule has 5 nitrogen and oxygen atoms in total. The number of aromatic nitrogens is 2. The van der Waals surface area contributed by atoms with Crippen molar-refractivity contribution in [2.45, 2.75) is 32.2 Å². The molecule has 4 rings (SSSR count). The number of imidazole rings is 1. The molecule has 2 N–H and O–H groups in total. The fraction of sp³-hybridized carbons (Fsp3) is 0.217. The van der Waals surface area contributed by atoms with Crippen LogP contribution in [0.15, 0.2) is 67.0 Å². The monoisotopic (exact) mass is 369 g/mol. The van der Waals surface area contributed by atoms with Crippen molar-refractivity contribution in [2.75, 3.05) is 5.32 Å². The van der Waals surface area contributed by atoms with E-state index < -0.39 is 0 Å². The molecule has 1 unspecified atom stereocenters. The van der Waals surface area contributed by atoms with E-state index in [1.165, 1.54) is 11.3 Å². The Morgan fingerprint density at radius 3 is 2.79 bits per heavy atom. The molecule has 0 bridgehead atoms. The summed E-state index contributed by atoms with van der Waals surface area (Å²) in [6.07, 6.45) is 6.94. The van der Waals surface area contributed by atoms with Crippen LogP contribution in [0.2, 0.25) is 0 Å². The second-order valence-electron chi connectivity index (χ2n) is 7.19. The van der Waals surface area contributed by atoms with Crippen LogP contribution >= 0.6 is 0 Å². The molecule has 0 aliphatic heterocycles. The first-order valence-electron chi connectivity index (χ1n) is 9.49. The minimum absolute atomic E-state index is 0.344. The van der Waals surface area contributed by atoms with E-state index in [-0.39, 0.29) is 0 Å². The molecule has 0 saturated heterocycles. The van der Waals surface area contributed by atoms with Crippen molar-refractivity contribution >= 4 is 17.2 Å². The van der Waals surface area contributed by atoms with Crippen molar-refractivity contribution in [2.24, 2.45) is 0 Å². The van der Waals surface area contributed by atoms with E-state index in [1.807, 2.05) is 22.6 Å². The first-order chi connectivity index (χ1) is 13.6. The normalized spacial score (nSPS) is 16.3. The van der Waals surface area contributed by atoms with E-state index in [2.05, 4.69) is 65.5 Å². The van der Waals surface area contributed by atoms with Gasteiger partial charge in [0.1, 0.15) is 17.5 Å². The lowest BCUT2D eigenvalue weighted by Gasteiger charge is -2.25. The molecule has 1 aliphatic rings. The summed E-state index contributed by atoms with van der Waals surface area (Å²) in [5.74, 6) is 0.963. The van der Waals surface area contributed by atoms with E-state index >= 15 is 0 Å². The Morgan fingerprint density at radius 2 is 2.07 bits per heavy atom. The van der Waals surface area contributed by atoms with Crippen LogP contribution < -0.4 is 10.6 Å². The highest BCUT2D eigenvalue weighted by Crippen LogP contribution is 2.23. The molecule has 3 aromatic rings. The lowest BCUT2D eigenvalue weighted by molar-refractivity contribution is 0.607. The predicted molar refractivity (Wildman–Crippen MR) is 113 cm³/mol. The summed E-state index contributed by atoms with van der Waals surface area (Å²) in [7, 11) is 0. The van der Waals surface area contributed by atoms with Crippen LogP contribution in [-0.4, -0.2) is 15.4 Å². The van der Waals surface area contributed by atoms with Crippen molar-refractivity contribution in [3.8, 4) is 6.07 Å². The number of allylic oxidation sites excluding steroid dienone is 1. The topological polar surface area (TPSA) is 65.2 Å². The highest BCUT2D eigenvalue weighted by molar-refractivity contribution is 5.63. The average molecular weight is 369 g/mol. The van der Waals surface area contributed by atoms with Crippen LogP contribution in [0.3, 0.4) is 0 Å². The van der Waals surface area contributed by atoms with Gasteiger partial charge in [-0.25, -0.2) is 4.98 Å². The Morgan fingerprint density at radius 1 is 1.25 bits per heavy atom. The average Bonchev–Trinajstić information content (AvgIpc) is 3.14. The Kier molecular flexibility index (Phi) is 4.86. The molecule has 0 saturated carbocycles. The van der Waals surface area contributed by atoms with Gasteiger partial charge in [0.15, 0.2) is 5.69 Å². The molecule has 5 heteroatoms. The zero-order chi connectivity index (χ0) is 19.5. The zero-order valence-electron chi connectivity index (χ0n) is 15.9. The van der Waals surface area contributed by atoms with E-state index in [1.54, 1.807) is 6.20 Å². The third kappa shape index (κ3) is 3.77. The molecule has 1 aliphatic carbocycles. The number of pyridine rings is 1. The Bertz CT molecular complexity index is 1080. The Hall–Kier alpha value is -3.52. The number of anilines is 1. The summed E-state index contributed by atoms with van der Waals surface area (Å²) in [6, 6.07) is 16.7. The number of aryl methyl sites for hydroxylation is 1. The molecule has 2 aromatic heterocycles. The van der Waals surface area contributed by atoms with Crippen LogP contribution in [0.5, 0.6) is 0 Å². The van der Waals surface area contributed by atoms with E-state index in [4.69, 9.17) is 5.26 Å². The molecular weight excluding hydrogens is 346 g/mol. The van der Waals surface area contributed by atoms with Gasteiger partial charge < -0.3 is 10.6 Å². The maximum atomic E-state index is 9.08. The number of hydrogen-bond acceptors (Lipinski definition) is 4. The summed E-state index contributed by atoms with van der Waals surface area (Å²) in [4.78, 5) is 4.29. The maximum absolute atomic E-state index is 9.08. The van der Waals surface area contributed by atoms with Gasteiger partial charge in [0.25, 0.3) is 0 Å². The number of hydrogen-bond donors (Lipinski definition) is 2. The smallest absolute Gasteiger partial charge is 0.159 e. The SMILES string of the molecule is C=C(NC1=CCC(Nc2cccc3nc(C#N)cn23)CC1)c1ccc(C)cc1. The van der Waals surface area contributed by atoms with Crippen molar-refractivity contribution in [1.82, 2.24) is 14.7 Å². The Balaban J connectivity index is 1.40. The van der Waals surface area contributed by atoms with Crippen LogP contribution in [0.1, 0.15) is 36.1 Å². The van der Waals surface area contributed by atoms with Gasteiger partial charge in [-0.05, 0) is 43.9 Å². The number of rotatable bonds is 5. The molecule has 1 atom stereocenters. The maximum Gasteiger partial charge on any atom is 0.159 e. The molecular formula is C23H23N5. The molecule has 0 fully saturated rings. The molecule has 0 spiro atoms. The van der Waals surface area contributed by atoms with Gasteiger partial charge in [0.05, 0.1) is 0 Å². The van der Waals surface area contributed by atoms with Crippen LogP contribution in [0.25, 0.3) is 11.3 Å². The fourth-order valence-corrected chi connectivity index (χ4v) is 3.49. The number of nitriles is 1. The van der Waals surface area contributed by atoms with Gasteiger partial charge in [0.2, 0.25) is 0 Å². The summed E-state index contributed by atoms with van der Waals surface area (Å²) >= 11 is 0. The molecule has 0 radical (unpaired) electrons. The first-order valence-corrected chi connectivity index (χ1v) is 9.49. The van der Waals surface area contributed by atoms with Gasteiger partial charge in [0, 0.05) is 23.6 Å². The van der Waals surface area contributed by atoms with Crippen molar-refractivity contribution in [3.63, 3.8) is 0 Å². The number of fused-ring (bicyclic) bond motifs is 1. The van der Waals surface area contributed by atoms with E-state index in [9.17, 15) is 0 Å². The third-order valence-electron chi connectivity index (χ3n) is 5.08. The molecule has 140 valence electrons. The lowest BCUT2D eigenvalue weighted by atomic mass is 9.98. The highest BCUT2D eigenvalue weighted by atomic mass is 15.1. The highest BCUT2D eigenvalue weighted by Gasteiger charge is 2.16. The zero-order valence-corrected chi connectivity index (χ0v) is 15.9. The van der Waals surface area contributed by atoms with Crippen LogP contribution in [0, 0.1) is 18.3 Å². The second-order valence-corrected chi connectivity index (χ2v) is 7.19. The Labute approximate surface area is 165 Å². The summed E-state index contributed by atoms with van der Waals surface area (Å²) in [5.41, 5.74) is 5.73. The summed E-state index contributed by atoms with van der Waals surface area (Å²) in [6.45, 7) is 6.26. The van der Waals surface area contributed by atoms with Gasteiger partial charge in [-0.1, -0.05) is 48.6 Å². The first kappa shape index (κ1) is 17.9. The predicted octanol–water partition coefficient (Wildman–Crippen LogP) is 4.62. The minimum atomic E-state index is 0.344. The minimum Gasteiger partial charge on any atom is -0.368 e. The second kappa shape index (κ2) is 7.61. The van der Waals surface area contributed by atoms with E-state index in [0.29, 0.717) is 11.7 Å². The number of benzene rings is 1. The van der Waals surface area contributed by atoms with E-state index in [0.717, 1.165) is 42.0 Å². The van der Waals surface area contributed by atoms with Gasteiger partial charge in [-0.3, -0.25) is 4.40 Å². The molecule has 0 amide bonds. The quantitative estimate of drug-likeness (QED) is 0.688. The van der Waals surface area contributed by atoms with Crippen molar-refractivity contribution in [3.05, 3.63) is 83.8 Å². The molecule has 2 heterocycles. The van der Waals surface area contributed by atoms with Crippen LogP contribution in [-0.2, 0) is 0 Å². The van der Waals surface area contributed by atoms with Gasteiger partial charge in [-0.2, -0.15) is 5.26 Å². The third-order valence-corrected chi connectivity index (χ3v) is 5.08. The molecule has 1 aromatic carbocycles. The standard InChI is InChI=1S/C23H23N5/c1-16-6-8-18(9-7-16)17(2)25-19-10-12-20(13-11-19)26-22-4-3-5-23-27-21(14-24)15-28(22)23/h3-10,15,20,25-26H,2,11-13H2,1H3. The largest absolute Gasteiger partial charge is 0.368 e. The summed E-state index contributed by atoms with van der Waals surface area (Å²) < 4.78 is 1.94. The number of nitrogens with zero attached hydrogens (tertiary/aromatic N) is 3. The molecule has 28 heavy (non-hydrogen) atoms. The number of nitrogens with one attached hydrogen (secondary N) is 2.